The molecule has 1 saturated heterocycles. The fourth-order valence-corrected chi connectivity index (χ4v) is 3.83. The number of hydrogen-bond acceptors (Lipinski definition) is 3. The summed E-state index contributed by atoms with van der Waals surface area (Å²) in [7, 11) is 1.75. The third-order valence-corrected chi connectivity index (χ3v) is 4.96. The van der Waals surface area contributed by atoms with Crippen LogP contribution in [0.1, 0.15) is 42.9 Å². The topological polar surface area (TPSA) is 38.5 Å². The molecular formula is C17H26N2O. The Bertz CT molecular complexity index is 460. The van der Waals surface area contributed by atoms with Gasteiger partial charge in [0.25, 0.3) is 0 Å². The number of nitrogens with zero attached hydrogens (tertiary/aromatic N) is 1. The first-order chi connectivity index (χ1) is 9.81. The van der Waals surface area contributed by atoms with Crippen molar-refractivity contribution in [2.45, 2.75) is 38.1 Å². The maximum Gasteiger partial charge on any atom is 0.119 e. The largest absolute Gasteiger partial charge is 0.497 e. The van der Waals surface area contributed by atoms with Crippen LogP contribution in [0.3, 0.4) is 0 Å². The highest BCUT2D eigenvalue weighted by atomic mass is 16.5. The van der Waals surface area contributed by atoms with E-state index >= 15 is 0 Å². The van der Waals surface area contributed by atoms with E-state index in [1.165, 1.54) is 49.8 Å². The highest BCUT2D eigenvalue weighted by Crippen LogP contribution is 2.38. The number of benzene rings is 1. The minimum Gasteiger partial charge on any atom is -0.497 e. The van der Waals surface area contributed by atoms with E-state index in [0.717, 1.165) is 18.8 Å². The van der Waals surface area contributed by atoms with Gasteiger partial charge in [-0.15, -0.1) is 0 Å². The lowest BCUT2D eigenvalue weighted by Crippen LogP contribution is -2.41. The predicted molar refractivity (Wildman–Crippen MR) is 82.0 cm³/mol. The molecule has 0 amide bonds. The molecule has 110 valence electrons. The van der Waals surface area contributed by atoms with E-state index in [9.17, 15) is 0 Å². The lowest BCUT2D eigenvalue weighted by atomic mass is 9.85. The summed E-state index contributed by atoms with van der Waals surface area (Å²) in [6, 6.07) is 7.18. The highest BCUT2D eigenvalue weighted by Gasteiger charge is 2.29. The van der Waals surface area contributed by atoms with Crippen molar-refractivity contribution in [1.29, 1.82) is 0 Å². The predicted octanol–water partition coefficient (Wildman–Crippen LogP) is 2.74. The molecule has 1 aliphatic carbocycles. The number of likely N-dealkylation sites (tertiary alicyclic amines) is 1. The molecule has 2 aliphatic rings. The van der Waals surface area contributed by atoms with Gasteiger partial charge in [0.1, 0.15) is 5.75 Å². The number of rotatable bonds is 3. The number of ether oxygens (including phenoxy) is 1. The van der Waals surface area contributed by atoms with Crippen LogP contribution in [0.15, 0.2) is 18.2 Å². The van der Waals surface area contributed by atoms with Crippen molar-refractivity contribution < 1.29 is 4.74 Å². The van der Waals surface area contributed by atoms with Crippen LogP contribution in [-0.2, 0) is 6.42 Å². The first-order valence-electron chi connectivity index (χ1n) is 7.92. The molecule has 2 atom stereocenters. The SMILES string of the molecule is COc1ccc2c(c1)C(N1CCCC(CN)C1)CCC2. The second-order valence-electron chi connectivity index (χ2n) is 6.21. The number of hydrogen-bond donors (Lipinski definition) is 1. The lowest BCUT2D eigenvalue weighted by Gasteiger charge is -2.40. The first-order valence-corrected chi connectivity index (χ1v) is 7.92. The molecule has 1 heterocycles. The van der Waals surface area contributed by atoms with Gasteiger partial charge in [0.05, 0.1) is 7.11 Å². The zero-order valence-electron chi connectivity index (χ0n) is 12.5. The van der Waals surface area contributed by atoms with Crippen molar-refractivity contribution in [3.05, 3.63) is 29.3 Å². The third kappa shape index (κ3) is 2.70. The normalized spacial score (nSPS) is 27.1. The molecule has 2 N–H and O–H groups in total. The maximum atomic E-state index is 5.89. The quantitative estimate of drug-likeness (QED) is 0.921. The van der Waals surface area contributed by atoms with Gasteiger partial charge in [-0.25, -0.2) is 0 Å². The molecule has 20 heavy (non-hydrogen) atoms. The van der Waals surface area contributed by atoms with Crippen molar-refractivity contribution in [3.63, 3.8) is 0 Å². The standard InChI is InChI=1S/C17H26N2O/c1-20-15-8-7-14-5-2-6-17(16(14)10-15)19-9-3-4-13(11-18)12-19/h7-8,10,13,17H,2-6,9,11-12,18H2,1H3. The van der Waals surface area contributed by atoms with Crippen LogP contribution in [0.5, 0.6) is 5.75 Å². The third-order valence-electron chi connectivity index (χ3n) is 4.96. The molecule has 0 saturated carbocycles. The number of aryl methyl sites for hydroxylation is 1. The zero-order chi connectivity index (χ0) is 13.9. The summed E-state index contributed by atoms with van der Waals surface area (Å²) in [6.45, 7) is 3.21. The Balaban J connectivity index is 1.84. The van der Waals surface area contributed by atoms with Gasteiger partial charge in [0.15, 0.2) is 0 Å². The van der Waals surface area contributed by atoms with Crippen LogP contribution < -0.4 is 10.5 Å². The maximum absolute atomic E-state index is 5.89. The van der Waals surface area contributed by atoms with Crippen molar-refractivity contribution in [1.82, 2.24) is 4.90 Å². The molecule has 1 aromatic carbocycles. The summed E-state index contributed by atoms with van der Waals surface area (Å²) in [5, 5.41) is 0. The van der Waals surface area contributed by atoms with E-state index in [1.807, 2.05) is 0 Å². The van der Waals surface area contributed by atoms with Crippen molar-refractivity contribution in [2.75, 3.05) is 26.7 Å². The summed E-state index contributed by atoms with van der Waals surface area (Å²) in [5.41, 5.74) is 8.89. The molecule has 1 fully saturated rings. The van der Waals surface area contributed by atoms with Crippen LogP contribution in [0, 0.1) is 5.92 Å². The van der Waals surface area contributed by atoms with E-state index in [2.05, 4.69) is 23.1 Å². The summed E-state index contributed by atoms with van der Waals surface area (Å²) >= 11 is 0. The van der Waals surface area contributed by atoms with Gasteiger partial charge in [-0.05, 0) is 74.4 Å². The van der Waals surface area contributed by atoms with Gasteiger partial charge in [0, 0.05) is 12.6 Å². The van der Waals surface area contributed by atoms with Crippen LogP contribution in [0.2, 0.25) is 0 Å². The second-order valence-corrected chi connectivity index (χ2v) is 6.21. The van der Waals surface area contributed by atoms with Crippen LogP contribution in [0.4, 0.5) is 0 Å². The summed E-state index contributed by atoms with van der Waals surface area (Å²) in [6.07, 6.45) is 6.37. The van der Waals surface area contributed by atoms with Gasteiger partial charge >= 0.3 is 0 Å². The Morgan fingerprint density at radius 3 is 3.00 bits per heavy atom. The van der Waals surface area contributed by atoms with E-state index in [-0.39, 0.29) is 0 Å². The molecule has 3 rings (SSSR count). The Labute approximate surface area is 122 Å². The molecule has 0 bridgehead atoms. The van der Waals surface area contributed by atoms with Crippen molar-refractivity contribution in [3.8, 4) is 5.75 Å². The van der Waals surface area contributed by atoms with Gasteiger partial charge in [-0.2, -0.15) is 0 Å². The van der Waals surface area contributed by atoms with E-state index in [1.54, 1.807) is 7.11 Å². The average Bonchev–Trinajstić information content (AvgIpc) is 2.53. The fourth-order valence-electron chi connectivity index (χ4n) is 3.83. The number of piperidine rings is 1. The van der Waals surface area contributed by atoms with Gasteiger partial charge in [0.2, 0.25) is 0 Å². The summed E-state index contributed by atoms with van der Waals surface area (Å²) in [4.78, 5) is 2.67. The zero-order valence-corrected chi connectivity index (χ0v) is 12.5. The second kappa shape index (κ2) is 6.15. The Kier molecular flexibility index (Phi) is 4.27. The smallest absolute Gasteiger partial charge is 0.119 e. The molecule has 2 unspecified atom stereocenters. The number of methoxy groups -OCH3 is 1. The minimum absolute atomic E-state index is 0.572. The Morgan fingerprint density at radius 1 is 1.30 bits per heavy atom. The molecule has 3 nitrogen and oxygen atoms in total. The van der Waals surface area contributed by atoms with Crippen molar-refractivity contribution >= 4 is 0 Å². The van der Waals surface area contributed by atoms with Crippen LogP contribution in [0.25, 0.3) is 0 Å². The average molecular weight is 274 g/mol. The Hall–Kier alpha value is -1.06. The number of fused-ring (bicyclic) bond motifs is 1. The van der Waals surface area contributed by atoms with E-state index < -0.39 is 0 Å². The van der Waals surface area contributed by atoms with Gasteiger partial charge < -0.3 is 10.5 Å². The van der Waals surface area contributed by atoms with Crippen LogP contribution in [-0.4, -0.2) is 31.6 Å². The van der Waals surface area contributed by atoms with Gasteiger partial charge in [-0.3, -0.25) is 4.90 Å². The van der Waals surface area contributed by atoms with Gasteiger partial charge in [-0.1, -0.05) is 6.07 Å². The van der Waals surface area contributed by atoms with Crippen molar-refractivity contribution in [2.24, 2.45) is 11.7 Å². The molecule has 0 radical (unpaired) electrons. The fraction of sp³-hybridized carbons (Fsp3) is 0.647. The molecular weight excluding hydrogens is 248 g/mol. The molecule has 0 aromatic heterocycles. The Morgan fingerprint density at radius 2 is 2.20 bits per heavy atom. The number of nitrogens with two attached hydrogens (primary N) is 1. The molecule has 0 spiro atoms. The summed E-state index contributed by atoms with van der Waals surface area (Å²) in [5.74, 6) is 1.67. The van der Waals surface area contributed by atoms with Crippen LogP contribution >= 0.6 is 0 Å². The van der Waals surface area contributed by atoms with E-state index in [4.69, 9.17) is 10.5 Å². The molecule has 1 aliphatic heterocycles. The lowest BCUT2D eigenvalue weighted by molar-refractivity contribution is 0.114. The summed E-state index contributed by atoms with van der Waals surface area (Å²) < 4.78 is 5.42. The highest BCUT2D eigenvalue weighted by molar-refractivity contribution is 5.39. The first kappa shape index (κ1) is 13.9. The molecule has 3 heteroatoms. The molecule has 1 aromatic rings. The minimum atomic E-state index is 0.572. The van der Waals surface area contributed by atoms with E-state index in [0.29, 0.717) is 12.0 Å². The monoisotopic (exact) mass is 274 g/mol.